The number of amides is 2. The maximum atomic E-state index is 11.8. The summed E-state index contributed by atoms with van der Waals surface area (Å²) in [6.45, 7) is 3.63. The molecule has 0 aliphatic heterocycles. The topological polar surface area (TPSA) is 78.4 Å². The van der Waals surface area contributed by atoms with E-state index >= 15 is 0 Å². The summed E-state index contributed by atoms with van der Waals surface area (Å²) in [4.78, 5) is 22.7. The van der Waals surface area contributed by atoms with Gasteiger partial charge in [0.1, 0.15) is 6.04 Å². The van der Waals surface area contributed by atoms with Gasteiger partial charge in [0.25, 0.3) is 0 Å². The van der Waals surface area contributed by atoms with Crippen LogP contribution in [-0.2, 0) is 4.79 Å². The molecule has 7 heteroatoms. The normalized spacial score (nSPS) is 11.8. The van der Waals surface area contributed by atoms with Crippen LogP contribution in [0.3, 0.4) is 0 Å². The number of anilines is 1. The summed E-state index contributed by atoms with van der Waals surface area (Å²) >= 11 is 11.9. The number of aryl methyl sites for hydroxylation is 1. The average molecular weight is 319 g/mol. The van der Waals surface area contributed by atoms with Crippen LogP contribution in [0.4, 0.5) is 10.5 Å². The SMILES string of the molecule is CCCC(NC(=O)Nc1cc(Cl)c(C)cc1Cl)C(=O)O. The minimum atomic E-state index is -1.07. The van der Waals surface area contributed by atoms with Gasteiger partial charge in [-0.05, 0) is 31.0 Å². The Labute approximate surface area is 127 Å². The zero-order chi connectivity index (χ0) is 15.3. The molecule has 1 atom stereocenters. The van der Waals surface area contributed by atoms with Crippen molar-refractivity contribution in [3.63, 3.8) is 0 Å². The lowest BCUT2D eigenvalue weighted by Crippen LogP contribution is -2.42. The van der Waals surface area contributed by atoms with Crippen molar-refractivity contribution in [1.29, 1.82) is 0 Å². The third kappa shape index (κ3) is 4.58. The van der Waals surface area contributed by atoms with Crippen molar-refractivity contribution in [2.75, 3.05) is 5.32 Å². The predicted molar refractivity (Wildman–Crippen MR) is 79.7 cm³/mol. The number of halogens is 2. The van der Waals surface area contributed by atoms with Crippen LogP contribution in [-0.4, -0.2) is 23.1 Å². The molecule has 0 radical (unpaired) electrons. The highest BCUT2D eigenvalue weighted by atomic mass is 35.5. The van der Waals surface area contributed by atoms with Gasteiger partial charge in [-0.3, -0.25) is 0 Å². The highest BCUT2D eigenvalue weighted by Gasteiger charge is 2.19. The standard InChI is InChI=1S/C13H16Cl2N2O3/c1-3-4-10(12(18)19)16-13(20)17-11-6-8(14)7(2)5-9(11)15/h5-6,10H,3-4H2,1-2H3,(H,18,19)(H2,16,17,20). The Morgan fingerprint density at radius 2 is 1.95 bits per heavy atom. The van der Waals surface area contributed by atoms with Crippen LogP contribution in [0.25, 0.3) is 0 Å². The summed E-state index contributed by atoms with van der Waals surface area (Å²) in [7, 11) is 0. The van der Waals surface area contributed by atoms with Crippen LogP contribution in [0.1, 0.15) is 25.3 Å². The number of carbonyl (C=O) groups excluding carboxylic acids is 1. The molecule has 0 aliphatic rings. The molecule has 1 rings (SSSR count). The van der Waals surface area contributed by atoms with Gasteiger partial charge in [0.05, 0.1) is 10.7 Å². The van der Waals surface area contributed by atoms with Crippen LogP contribution in [0.2, 0.25) is 10.0 Å². The number of rotatable bonds is 5. The molecule has 0 fully saturated rings. The minimum absolute atomic E-state index is 0.334. The first-order valence-corrected chi connectivity index (χ1v) is 6.86. The molecule has 0 aromatic heterocycles. The minimum Gasteiger partial charge on any atom is -0.480 e. The molecule has 20 heavy (non-hydrogen) atoms. The monoisotopic (exact) mass is 318 g/mol. The van der Waals surface area contributed by atoms with Crippen LogP contribution < -0.4 is 10.6 Å². The van der Waals surface area contributed by atoms with Gasteiger partial charge >= 0.3 is 12.0 Å². The lowest BCUT2D eigenvalue weighted by atomic mass is 10.2. The average Bonchev–Trinajstić information content (AvgIpc) is 2.35. The van der Waals surface area contributed by atoms with Crippen molar-refractivity contribution in [1.82, 2.24) is 5.32 Å². The van der Waals surface area contributed by atoms with E-state index in [1.165, 1.54) is 6.07 Å². The van der Waals surface area contributed by atoms with Crippen molar-refractivity contribution >= 4 is 40.9 Å². The highest BCUT2D eigenvalue weighted by molar-refractivity contribution is 6.36. The van der Waals surface area contributed by atoms with E-state index in [0.29, 0.717) is 28.6 Å². The number of carboxylic acid groups (broad SMARTS) is 1. The van der Waals surface area contributed by atoms with E-state index in [0.717, 1.165) is 5.56 Å². The molecule has 0 saturated carbocycles. The van der Waals surface area contributed by atoms with Crippen molar-refractivity contribution < 1.29 is 14.7 Å². The number of aliphatic carboxylic acids is 1. The second-order valence-electron chi connectivity index (χ2n) is 4.36. The van der Waals surface area contributed by atoms with E-state index in [1.807, 2.05) is 6.92 Å². The van der Waals surface area contributed by atoms with E-state index in [2.05, 4.69) is 10.6 Å². The van der Waals surface area contributed by atoms with Gasteiger partial charge in [-0.25, -0.2) is 9.59 Å². The number of carboxylic acids is 1. The zero-order valence-electron chi connectivity index (χ0n) is 11.2. The first kappa shape index (κ1) is 16.6. The molecule has 2 amide bonds. The molecule has 1 unspecified atom stereocenters. The summed E-state index contributed by atoms with van der Waals surface area (Å²) in [6, 6.07) is 1.58. The Morgan fingerprint density at radius 3 is 2.50 bits per heavy atom. The summed E-state index contributed by atoms with van der Waals surface area (Å²) < 4.78 is 0. The summed E-state index contributed by atoms with van der Waals surface area (Å²) in [5.74, 6) is -1.07. The first-order chi connectivity index (χ1) is 9.35. The third-order valence-corrected chi connectivity index (χ3v) is 3.40. The quantitative estimate of drug-likeness (QED) is 0.775. The predicted octanol–water partition coefficient (Wildman–Crippen LogP) is 3.68. The second kappa shape index (κ2) is 7.36. The molecule has 0 aliphatic carbocycles. The molecule has 0 bridgehead atoms. The Bertz CT molecular complexity index is 521. The number of hydrogen-bond donors (Lipinski definition) is 3. The Morgan fingerprint density at radius 1 is 1.30 bits per heavy atom. The number of urea groups is 1. The largest absolute Gasteiger partial charge is 0.480 e. The smallest absolute Gasteiger partial charge is 0.326 e. The molecule has 1 aromatic carbocycles. The van der Waals surface area contributed by atoms with Gasteiger partial charge in [-0.2, -0.15) is 0 Å². The van der Waals surface area contributed by atoms with Gasteiger partial charge in [0.15, 0.2) is 0 Å². The molecule has 0 saturated heterocycles. The lowest BCUT2D eigenvalue weighted by molar-refractivity contribution is -0.139. The second-order valence-corrected chi connectivity index (χ2v) is 5.17. The summed E-state index contributed by atoms with van der Waals surface area (Å²) in [5.41, 5.74) is 1.12. The van der Waals surface area contributed by atoms with Gasteiger partial charge < -0.3 is 15.7 Å². The van der Waals surface area contributed by atoms with Crippen molar-refractivity contribution in [2.45, 2.75) is 32.7 Å². The van der Waals surface area contributed by atoms with Gasteiger partial charge in [0, 0.05) is 5.02 Å². The molecular weight excluding hydrogens is 303 g/mol. The fourth-order valence-electron chi connectivity index (χ4n) is 1.60. The van der Waals surface area contributed by atoms with Crippen molar-refractivity contribution in [3.05, 3.63) is 27.7 Å². The Balaban J connectivity index is 2.75. The van der Waals surface area contributed by atoms with Crippen molar-refractivity contribution in [2.24, 2.45) is 0 Å². The zero-order valence-corrected chi connectivity index (χ0v) is 12.7. The van der Waals surface area contributed by atoms with Crippen molar-refractivity contribution in [3.8, 4) is 0 Å². The van der Waals surface area contributed by atoms with Crippen LogP contribution in [0.5, 0.6) is 0 Å². The molecule has 1 aromatic rings. The van der Waals surface area contributed by atoms with Gasteiger partial charge in [-0.15, -0.1) is 0 Å². The number of benzene rings is 1. The molecule has 110 valence electrons. The Hall–Kier alpha value is -1.46. The fraction of sp³-hybridized carbons (Fsp3) is 0.385. The molecule has 3 N–H and O–H groups in total. The van der Waals surface area contributed by atoms with E-state index in [-0.39, 0.29) is 0 Å². The number of carbonyl (C=O) groups is 2. The Kier molecular flexibility index (Phi) is 6.10. The third-order valence-electron chi connectivity index (χ3n) is 2.68. The highest BCUT2D eigenvalue weighted by Crippen LogP contribution is 2.28. The molecule has 5 nitrogen and oxygen atoms in total. The van der Waals surface area contributed by atoms with E-state index in [1.54, 1.807) is 13.0 Å². The maximum absolute atomic E-state index is 11.8. The molecular formula is C13H16Cl2N2O3. The summed E-state index contributed by atoms with van der Waals surface area (Å²) in [6.07, 6.45) is 1.000. The number of nitrogens with one attached hydrogen (secondary N) is 2. The van der Waals surface area contributed by atoms with Crippen LogP contribution in [0, 0.1) is 6.92 Å². The van der Waals surface area contributed by atoms with E-state index < -0.39 is 18.0 Å². The maximum Gasteiger partial charge on any atom is 0.326 e. The number of hydrogen-bond acceptors (Lipinski definition) is 2. The van der Waals surface area contributed by atoms with Crippen LogP contribution >= 0.6 is 23.2 Å². The fourth-order valence-corrected chi connectivity index (χ4v) is 2.03. The molecule has 0 heterocycles. The van der Waals surface area contributed by atoms with Gasteiger partial charge in [0.2, 0.25) is 0 Å². The van der Waals surface area contributed by atoms with E-state index in [4.69, 9.17) is 28.3 Å². The summed E-state index contributed by atoms with van der Waals surface area (Å²) in [5, 5.41) is 14.6. The molecule has 0 spiro atoms. The van der Waals surface area contributed by atoms with E-state index in [9.17, 15) is 9.59 Å². The van der Waals surface area contributed by atoms with Crippen LogP contribution in [0.15, 0.2) is 12.1 Å². The van der Waals surface area contributed by atoms with Gasteiger partial charge in [-0.1, -0.05) is 36.5 Å². The first-order valence-electron chi connectivity index (χ1n) is 6.11. The lowest BCUT2D eigenvalue weighted by Gasteiger charge is -2.15.